The molecule has 7 heavy (non-hydrogen) atoms. The van der Waals surface area contributed by atoms with Gasteiger partial charge in [-0.3, -0.25) is 4.79 Å². The van der Waals surface area contributed by atoms with Crippen molar-refractivity contribution >= 4 is 46.9 Å². The van der Waals surface area contributed by atoms with Gasteiger partial charge in [0.15, 0.2) is 5.78 Å². The number of rotatable bonds is 2. The Kier molecular flexibility index (Phi) is 10.7. The maximum atomic E-state index is 9.80. The molecule has 0 fully saturated rings. The van der Waals surface area contributed by atoms with Crippen molar-refractivity contribution in [3.63, 3.8) is 0 Å². The average Bonchev–Trinajstić information content (AvgIpc) is 1.65. The van der Waals surface area contributed by atoms with Gasteiger partial charge in [-0.2, -0.15) is 0 Å². The minimum atomic E-state index is -0.441. The van der Waals surface area contributed by atoms with Crippen LogP contribution in [-0.4, -0.2) is 52.9 Å². The van der Waals surface area contributed by atoms with Gasteiger partial charge >= 0.3 is 29.6 Å². The molecule has 0 aliphatic heterocycles. The standard InChI is InChI=1S/C3H5ClO2.Na.H/c4-1-3(6)2-5;;/h5H,1-2H2;;. The third-order valence-electron chi connectivity index (χ3n) is 0.325. The summed E-state index contributed by atoms with van der Waals surface area (Å²) < 4.78 is 0. The van der Waals surface area contributed by atoms with Crippen LogP contribution in [0.3, 0.4) is 0 Å². The Bertz CT molecular complexity index is 50.9. The Hall–Kier alpha value is 0.920. The number of ketones is 1. The topological polar surface area (TPSA) is 37.3 Å². The summed E-state index contributed by atoms with van der Waals surface area (Å²) in [6.07, 6.45) is 0. The number of alkyl halides is 1. The number of Topliss-reactive ketones (excluding diaryl/α,β-unsaturated/α-hetero) is 1. The molecule has 0 saturated heterocycles. The second kappa shape index (κ2) is 6.92. The van der Waals surface area contributed by atoms with E-state index in [9.17, 15) is 4.79 Å². The van der Waals surface area contributed by atoms with Crippen LogP contribution in [0.5, 0.6) is 0 Å². The summed E-state index contributed by atoms with van der Waals surface area (Å²) in [6.45, 7) is -0.441. The predicted octanol–water partition coefficient (Wildman–Crippen LogP) is -0.862. The van der Waals surface area contributed by atoms with E-state index in [0.717, 1.165) is 0 Å². The van der Waals surface area contributed by atoms with Crippen LogP contribution in [0.4, 0.5) is 0 Å². The first-order valence-electron chi connectivity index (χ1n) is 1.49. The molecule has 0 heterocycles. The first-order valence-corrected chi connectivity index (χ1v) is 2.03. The van der Waals surface area contributed by atoms with E-state index < -0.39 is 6.61 Å². The molecule has 0 aromatic carbocycles. The van der Waals surface area contributed by atoms with E-state index in [-0.39, 0.29) is 41.2 Å². The third-order valence-corrected chi connectivity index (χ3v) is 0.623. The van der Waals surface area contributed by atoms with Crippen LogP contribution in [0.25, 0.3) is 0 Å². The Morgan fingerprint density at radius 1 is 1.71 bits per heavy atom. The van der Waals surface area contributed by atoms with Crippen molar-refractivity contribution in [2.75, 3.05) is 12.5 Å². The van der Waals surface area contributed by atoms with Crippen molar-refractivity contribution in [3.05, 3.63) is 0 Å². The van der Waals surface area contributed by atoms with Gasteiger partial charge in [0, 0.05) is 0 Å². The Morgan fingerprint density at radius 2 is 2.14 bits per heavy atom. The molecule has 0 aromatic rings. The van der Waals surface area contributed by atoms with Crippen LogP contribution >= 0.6 is 11.6 Å². The molecular weight excluding hydrogens is 126 g/mol. The van der Waals surface area contributed by atoms with Crippen molar-refractivity contribution in [3.8, 4) is 0 Å². The number of halogens is 1. The number of carbonyl (C=O) groups excluding carboxylic acids is 1. The van der Waals surface area contributed by atoms with Gasteiger partial charge in [0.1, 0.15) is 6.61 Å². The molecule has 0 aromatic heterocycles. The first-order chi connectivity index (χ1) is 2.81. The number of hydrogen-bond acceptors (Lipinski definition) is 2. The summed E-state index contributed by atoms with van der Waals surface area (Å²) >= 11 is 4.94. The van der Waals surface area contributed by atoms with Crippen molar-refractivity contribution in [1.29, 1.82) is 0 Å². The van der Waals surface area contributed by atoms with E-state index in [1.807, 2.05) is 0 Å². The maximum absolute atomic E-state index is 9.80. The SMILES string of the molecule is O=C(CO)CCl.[NaH]. The van der Waals surface area contributed by atoms with Crippen molar-refractivity contribution < 1.29 is 9.90 Å². The van der Waals surface area contributed by atoms with E-state index in [4.69, 9.17) is 16.7 Å². The summed E-state index contributed by atoms with van der Waals surface area (Å²) in [5, 5.41) is 7.90. The van der Waals surface area contributed by atoms with Crippen LogP contribution in [0, 0.1) is 0 Å². The second-order valence-corrected chi connectivity index (χ2v) is 1.10. The zero-order valence-corrected chi connectivity index (χ0v) is 3.90. The number of aliphatic hydroxyl groups is 1. The average molecular weight is 133 g/mol. The summed E-state index contributed by atoms with van der Waals surface area (Å²) in [7, 11) is 0. The zero-order chi connectivity index (χ0) is 4.99. The van der Waals surface area contributed by atoms with Gasteiger partial charge in [0.25, 0.3) is 0 Å². The molecule has 0 aliphatic rings. The van der Waals surface area contributed by atoms with E-state index >= 15 is 0 Å². The fraction of sp³-hybridized carbons (Fsp3) is 0.667. The molecule has 0 atom stereocenters. The van der Waals surface area contributed by atoms with Gasteiger partial charge in [-0.25, -0.2) is 0 Å². The van der Waals surface area contributed by atoms with Crippen LogP contribution in [-0.2, 0) is 4.79 Å². The molecule has 0 bridgehead atoms. The molecular formula is C3H6ClNaO2. The molecule has 0 amide bonds. The van der Waals surface area contributed by atoms with Crippen molar-refractivity contribution in [2.24, 2.45) is 0 Å². The minimum absolute atomic E-state index is 0. The van der Waals surface area contributed by atoms with Gasteiger partial charge in [-0.15, -0.1) is 11.6 Å². The first kappa shape index (κ1) is 10.8. The van der Waals surface area contributed by atoms with Crippen LogP contribution in [0.15, 0.2) is 0 Å². The number of hydrogen-bond donors (Lipinski definition) is 1. The fourth-order valence-electron chi connectivity index (χ4n) is 0.0423. The van der Waals surface area contributed by atoms with E-state index in [0.29, 0.717) is 0 Å². The Balaban J connectivity index is 0. The Morgan fingerprint density at radius 3 is 2.14 bits per heavy atom. The van der Waals surface area contributed by atoms with Crippen LogP contribution in [0.1, 0.15) is 0 Å². The molecule has 0 radical (unpaired) electrons. The fourth-order valence-corrected chi connectivity index (χ4v) is 0.127. The summed E-state index contributed by atoms with van der Waals surface area (Å²) in [6, 6.07) is 0. The van der Waals surface area contributed by atoms with Gasteiger partial charge in [-0.05, 0) is 0 Å². The molecule has 0 spiro atoms. The Labute approximate surface area is 69.1 Å². The molecule has 4 heteroatoms. The van der Waals surface area contributed by atoms with E-state index in [1.165, 1.54) is 0 Å². The van der Waals surface area contributed by atoms with Gasteiger partial charge in [-0.1, -0.05) is 0 Å². The molecule has 1 N–H and O–H groups in total. The predicted molar refractivity (Wildman–Crippen MR) is 30.0 cm³/mol. The summed E-state index contributed by atoms with van der Waals surface area (Å²) in [5.41, 5.74) is 0. The van der Waals surface area contributed by atoms with E-state index in [2.05, 4.69) is 0 Å². The molecule has 38 valence electrons. The molecule has 0 aliphatic carbocycles. The molecule has 0 rings (SSSR count). The zero-order valence-electron chi connectivity index (χ0n) is 3.15. The molecule has 2 nitrogen and oxygen atoms in total. The number of aliphatic hydroxyl groups excluding tert-OH is 1. The molecule has 0 saturated carbocycles. The van der Waals surface area contributed by atoms with Crippen molar-refractivity contribution in [1.82, 2.24) is 0 Å². The molecule has 0 unspecified atom stereocenters. The van der Waals surface area contributed by atoms with E-state index in [1.54, 1.807) is 0 Å². The van der Waals surface area contributed by atoms with Crippen LogP contribution in [0.2, 0.25) is 0 Å². The summed E-state index contributed by atoms with van der Waals surface area (Å²) in [5.74, 6) is -0.423. The van der Waals surface area contributed by atoms with Crippen LogP contribution < -0.4 is 0 Å². The van der Waals surface area contributed by atoms with Gasteiger partial charge in [0.2, 0.25) is 0 Å². The third kappa shape index (κ3) is 6.92. The quantitative estimate of drug-likeness (QED) is 0.392. The van der Waals surface area contributed by atoms with Crippen molar-refractivity contribution in [2.45, 2.75) is 0 Å². The van der Waals surface area contributed by atoms with Gasteiger partial charge in [0.05, 0.1) is 5.88 Å². The monoisotopic (exact) mass is 132 g/mol. The second-order valence-electron chi connectivity index (χ2n) is 0.830. The van der Waals surface area contributed by atoms with Gasteiger partial charge < -0.3 is 5.11 Å². The summed E-state index contributed by atoms with van der Waals surface area (Å²) in [4.78, 5) is 9.80. The normalized spacial score (nSPS) is 7.14. The number of carbonyl (C=O) groups is 1.